The van der Waals surface area contributed by atoms with Gasteiger partial charge in [0, 0.05) is 13.0 Å². The average molecular weight is 857 g/mol. The Balaban J connectivity index is 1.32. The van der Waals surface area contributed by atoms with E-state index in [0.717, 1.165) is 11.1 Å². The number of rotatable bonds is 17. The van der Waals surface area contributed by atoms with Crippen LogP contribution in [0.15, 0.2) is 138 Å². The monoisotopic (exact) mass is 856 g/mol. The minimum atomic E-state index is -1.35. The van der Waals surface area contributed by atoms with Crippen LogP contribution in [0.2, 0.25) is 0 Å². The summed E-state index contributed by atoms with van der Waals surface area (Å²) in [6.45, 7) is 4.85. The number of ether oxygens (including phenoxy) is 3. The molecule has 5 aromatic rings. The van der Waals surface area contributed by atoms with Gasteiger partial charge in [-0.2, -0.15) is 0 Å². The Bertz CT molecular complexity index is 2230. The molecular formula is C48H52N6O9. The van der Waals surface area contributed by atoms with Gasteiger partial charge in [0.25, 0.3) is 0 Å². The molecule has 0 saturated carbocycles. The molecule has 6 N–H and O–H groups in total. The molecule has 1 unspecified atom stereocenters. The van der Waals surface area contributed by atoms with Crippen molar-refractivity contribution in [1.29, 1.82) is 0 Å². The number of hydrogen-bond donors (Lipinski definition) is 6. The number of hydrogen-bond acceptors (Lipinski definition) is 10. The quantitative estimate of drug-likeness (QED) is 0.0353. The van der Waals surface area contributed by atoms with Gasteiger partial charge in [-0.1, -0.05) is 121 Å². The maximum absolute atomic E-state index is 14.2. The molecule has 0 aliphatic carbocycles. The predicted molar refractivity (Wildman–Crippen MR) is 236 cm³/mol. The topological polar surface area (TPSA) is 206 Å². The summed E-state index contributed by atoms with van der Waals surface area (Å²) < 4.78 is 16.2. The van der Waals surface area contributed by atoms with E-state index in [-0.39, 0.29) is 38.5 Å². The summed E-state index contributed by atoms with van der Waals surface area (Å²) in [5.74, 6) is -1.72. The van der Waals surface area contributed by atoms with E-state index in [1.807, 2.05) is 72.8 Å². The minimum Gasteiger partial charge on any atom is -0.508 e. The van der Waals surface area contributed by atoms with Crippen LogP contribution < -0.4 is 26.6 Å². The molecule has 0 bridgehead atoms. The molecule has 0 radical (unpaired) electrons. The zero-order chi connectivity index (χ0) is 45.0. The Hall–Kier alpha value is -7.68. The Labute approximate surface area is 366 Å². The van der Waals surface area contributed by atoms with Crippen LogP contribution in [0.25, 0.3) is 0 Å². The van der Waals surface area contributed by atoms with Crippen LogP contribution in [0.4, 0.5) is 14.4 Å². The van der Waals surface area contributed by atoms with Crippen LogP contribution >= 0.6 is 0 Å². The van der Waals surface area contributed by atoms with Crippen molar-refractivity contribution >= 4 is 36.1 Å². The summed E-state index contributed by atoms with van der Waals surface area (Å²) in [5, 5.41) is 23.4. The third kappa shape index (κ3) is 16.0. The highest BCUT2D eigenvalue weighted by atomic mass is 16.6. The first-order chi connectivity index (χ1) is 30.4. The van der Waals surface area contributed by atoms with E-state index in [0.29, 0.717) is 34.2 Å². The number of alkyl carbamates (subject to hydrolysis) is 3. The standard InChI is InChI=1S/C48H52N6O9/c1-32-24-40(55)25-33(2)41(32)27-42(52-45(53-47(59)62-30-37-20-12-6-13-21-37)54-48(60)63-31-38-22-14-7-15-23-38)44(57)50-34(3)43(56)49-28-39(26-35-16-8-4-9-17-35)51-46(58)61-29-36-18-10-5-11-19-36/h4-25,34,39,42,55H,26-31H2,1-3H3,(H,49,56)(H,50,57)(H,51,58)(H2,52,53,54,59,60)/t34-,39?,42+/m1/s1. The lowest BCUT2D eigenvalue weighted by Crippen LogP contribution is -2.52. The fourth-order valence-corrected chi connectivity index (χ4v) is 6.40. The number of amides is 5. The van der Waals surface area contributed by atoms with Crippen molar-refractivity contribution in [3.05, 3.63) is 172 Å². The Morgan fingerprint density at radius 3 is 1.46 bits per heavy atom. The molecule has 15 nitrogen and oxygen atoms in total. The number of phenolic OH excluding ortho intramolecular Hbond substituents is 1. The molecule has 0 saturated heterocycles. The Morgan fingerprint density at radius 2 is 1.00 bits per heavy atom. The third-order valence-corrected chi connectivity index (χ3v) is 9.67. The number of aliphatic imine (C=N–C) groups is 1. The maximum atomic E-state index is 14.2. The van der Waals surface area contributed by atoms with Gasteiger partial charge in [0.2, 0.25) is 17.8 Å². The van der Waals surface area contributed by atoms with Gasteiger partial charge >= 0.3 is 18.3 Å². The van der Waals surface area contributed by atoms with Crippen molar-refractivity contribution in [2.75, 3.05) is 6.54 Å². The number of phenols is 1. The molecule has 15 heteroatoms. The van der Waals surface area contributed by atoms with Gasteiger partial charge in [0.15, 0.2) is 0 Å². The molecule has 0 aliphatic heterocycles. The SMILES string of the molecule is Cc1cc(O)cc(C)c1C[C@H](N=C(NC(=O)OCc1ccccc1)NC(=O)OCc1ccccc1)C(=O)N[C@H](C)C(=O)NCC(Cc1ccccc1)NC(=O)OCc1ccccc1. The van der Waals surface area contributed by atoms with Gasteiger partial charge in [-0.15, -0.1) is 0 Å². The van der Waals surface area contributed by atoms with E-state index in [2.05, 4.69) is 31.6 Å². The van der Waals surface area contributed by atoms with Crippen LogP contribution in [0, 0.1) is 13.8 Å². The summed E-state index contributed by atoms with van der Waals surface area (Å²) in [4.78, 5) is 71.3. The molecular weight excluding hydrogens is 805 g/mol. The second kappa shape index (κ2) is 23.9. The van der Waals surface area contributed by atoms with Crippen molar-refractivity contribution in [2.45, 2.75) is 71.6 Å². The van der Waals surface area contributed by atoms with Gasteiger partial charge in [-0.3, -0.25) is 20.2 Å². The minimum absolute atomic E-state index is 0.00394. The number of benzene rings is 5. The summed E-state index contributed by atoms with van der Waals surface area (Å²) in [6, 6.07) is 36.5. The fourth-order valence-electron chi connectivity index (χ4n) is 6.40. The zero-order valence-corrected chi connectivity index (χ0v) is 35.3. The lowest BCUT2D eigenvalue weighted by atomic mass is 9.95. The highest BCUT2D eigenvalue weighted by Gasteiger charge is 2.27. The normalized spacial score (nSPS) is 12.0. The molecule has 5 aromatic carbocycles. The fraction of sp³-hybridized carbons (Fsp3) is 0.250. The van der Waals surface area contributed by atoms with E-state index < -0.39 is 54.2 Å². The molecule has 63 heavy (non-hydrogen) atoms. The first-order valence-corrected chi connectivity index (χ1v) is 20.3. The maximum Gasteiger partial charge on any atom is 0.414 e. The molecule has 0 aromatic heterocycles. The van der Waals surface area contributed by atoms with E-state index >= 15 is 0 Å². The van der Waals surface area contributed by atoms with Crippen molar-refractivity contribution in [3.63, 3.8) is 0 Å². The number of carbonyl (C=O) groups excluding carboxylic acids is 5. The summed E-state index contributed by atoms with van der Waals surface area (Å²) in [7, 11) is 0. The van der Waals surface area contributed by atoms with E-state index in [1.54, 1.807) is 62.4 Å². The van der Waals surface area contributed by atoms with Crippen molar-refractivity contribution in [2.24, 2.45) is 4.99 Å². The lowest BCUT2D eigenvalue weighted by Gasteiger charge is -2.23. The summed E-state index contributed by atoms with van der Waals surface area (Å²) in [6.07, 6.45) is -2.33. The smallest absolute Gasteiger partial charge is 0.414 e. The molecule has 328 valence electrons. The number of guanidine groups is 1. The molecule has 0 spiro atoms. The van der Waals surface area contributed by atoms with Gasteiger partial charge in [-0.05, 0) is 78.3 Å². The largest absolute Gasteiger partial charge is 0.508 e. The van der Waals surface area contributed by atoms with Crippen molar-refractivity contribution in [1.82, 2.24) is 26.6 Å². The second-order valence-electron chi connectivity index (χ2n) is 14.7. The third-order valence-electron chi connectivity index (χ3n) is 9.67. The second-order valence-corrected chi connectivity index (χ2v) is 14.7. The summed E-state index contributed by atoms with van der Waals surface area (Å²) >= 11 is 0. The molecule has 0 aliphatic rings. The van der Waals surface area contributed by atoms with Gasteiger partial charge in [-0.25, -0.2) is 19.4 Å². The molecule has 0 heterocycles. The summed E-state index contributed by atoms with van der Waals surface area (Å²) in [5.41, 5.74) is 5.08. The van der Waals surface area contributed by atoms with Crippen molar-refractivity contribution < 1.29 is 43.3 Å². The van der Waals surface area contributed by atoms with Crippen molar-refractivity contribution in [3.8, 4) is 5.75 Å². The highest BCUT2D eigenvalue weighted by Crippen LogP contribution is 2.23. The van der Waals surface area contributed by atoms with Gasteiger partial charge in [0.1, 0.15) is 37.7 Å². The molecule has 3 atom stereocenters. The van der Waals surface area contributed by atoms with Gasteiger partial charge < -0.3 is 35.3 Å². The highest BCUT2D eigenvalue weighted by molar-refractivity contribution is 6.02. The van der Waals surface area contributed by atoms with Crippen LogP contribution in [-0.4, -0.2) is 65.8 Å². The van der Waals surface area contributed by atoms with Gasteiger partial charge in [0.05, 0.1) is 6.04 Å². The number of aromatic hydroxyl groups is 1. The van der Waals surface area contributed by atoms with Crippen LogP contribution in [-0.2, 0) is 56.5 Å². The van der Waals surface area contributed by atoms with E-state index in [1.165, 1.54) is 19.1 Å². The van der Waals surface area contributed by atoms with Crippen LogP contribution in [0.1, 0.15) is 45.9 Å². The molecule has 5 amide bonds. The first-order valence-electron chi connectivity index (χ1n) is 20.3. The molecule has 0 fully saturated rings. The van der Waals surface area contributed by atoms with Crippen LogP contribution in [0.3, 0.4) is 0 Å². The number of aryl methyl sites for hydroxylation is 2. The Morgan fingerprint density at radius 1 is 0.571 bits per heavy atom. The first kappa shape index (κ1) is 46.4. The molecule has 5 rings (SSSR count). The Kier molecular flexibility index (Phi) is 17.6. The number of nitrogens with one attached hydrogen (secondary N) is 5. The zero-order valence-electron chi connectivity index (χ0n) is 35.3. The lowest BCUT2D eigenvalue weighted by molar-refractivity contribution is -0.129. The van der Waals surface area contributed by atoms with E-state index in [4.69, 9.17) is 14.2 Å². The van der Waals surface area contributed by atoms with E-state index in [9.17, 15) is 29.1 Å². The number of nitrogens with zero attached hydrogens (tertiary/aromatic N) is 1. The number of carbonyl (C=O) groups is 5. The average Bonchev–Trinajstić information content (AvgIpc) is 3.28. The van der Waals surface area contributed by atoms with Crippen LogP contribution in [0.5, 0.6) is 5.75 Å². The predicted octanol–water partition coefficient (Wildman–Crippen LogP) is 6.29.